The molecule has 4 aliphatic heterocycles. The van der Waals surface area contributed by atoms with Crippen molar-refractivity contribution in [2.75, 3.05) is 19.8 Å². The Bertz CT molecular complexity index is 1340. The maximum absolute atomic E-state index is 14.5. The molecule has 8 aliphatic rings. The van der Waals surface area contributed by atoms with E-state index in [0.717, 1.165) is 45.1 Å². The number of ether oxygens (including phenoxy) is 6. The van der Waals surface area contributed by atoms with Gasteiger partial charge in [-0.1, -0.05) is 27.7 Å². The van der Waals surface area contributed by atoms with Crippen LogP contribution >= 0.6 is 0 Å². The van der Waals surface area contributed by atoms with E-state index in [9.17, 15) is 40.5 Å². The van der Waals surface area contributed by atoms with Crippen LogP contribution in [0.3, 0.4) is 0 Å². The summed E-state index contributed by atoms with van der Waals surface area (Å²) in [6.07, 6.45) is -7.48. The summed E-state index contributed by atoms with van der Waals surface area (Å²) in [5.41, 5.74) is -0.288. The number of hydrogen-bond donors (Lipinski definition) is 7. The quantitative estimate of drug-likeness (QED) is 0.185. The van der Waals surface area contributed by atoms with Gasteiger partial charge in [-0.05, 0) is 85.4 Å². The predicted octanol–water partition coefficient (Wildman–Crippen LogP) is 0.621. The zero-order chi connectivity index (χ0) is 37.8. The van der Waals surface area contributed by atoms with Crippen molar-refractivity contribution in [1.29, 1.82) is 0 Å². The molecule has 0 bridgehead atoms. The van der Waals surface area contributed by atoms with E-state index in [1.807, 2.05) is 0 Å². The number of aliphatic hydroxyl groups is 7. The van der Waals surface area contributed by atoms with Gasteiger partial charge in [-0.25, -0.2) is 0 Å². The summed E-state index contributed by atoms with van der Waals surface area (Å²) in [6.45, 7) is 8.63. The lowest BCUT2D eigenvalue weighted by Gasteiger charge is -2.60. The van der Waals surface area contributed by atoms with Crippen LogP contribution in [0.2, 0.25) is 0 Å². The van der Waals surface area contributed by atoms with Crippen molar-refractivity contribution in [2.45, 2.75) is 165 Å². The van der Waals surface area contributed by atoms with Gasteiger partial charge < -0.3 is 64.2 Å². The minimum absolute atomic E-state index is 0.0208. The number of Topliss-reactive ketones (excluding diaryl/α,β-unsaturated/α-hetero) is 1. The lowest BCUT2D eigenvalue weighted by Crippen LogP contribution is -2.65. The van der Waals surface area contributed by atoms with E-state index in [1.54, 1.807) is 0 Å². The highest BCUT2D eigenvalue weighted by Crippen LogP contribution is 2.70. The number of ketones is 1. The molecular weight excluding hydrogens is 692 g/mol. The number of rotatable bonds is 6. The van der Waals surface area contributed by atoms with Crippen molar-refractivity contribution in [2.24, 2.45) is 52.3 Å². The Morgan fingerprint density at radius 3 is 2.17 bits per heavy atom. The van der Waals surface area contributed by atoms with Gasteiger partial charge in [-0.15, -0.1) is 0 Å². The fraction of sp³-hybridized carbons (Fsp3) is 0.974. The highest BCUT2D eigenvalue weighted by Gasteiger charge is 2.71. The summed E-state index contributed by atoms with van der Waals surface area (Å²) in [5.74, 6) is 1.91. The second-order valence-corrected chi connectivity index (χ2v) is 18.7. The molecule has 0 radical (unpaired) electrons. The summed E-state index contributed by atoms with van der Waals surface area (Å²) in [6, 6.07) is 0. The molecule has 1 spiro atoms. The first-order valence-electron chi connectivity index (χ1n) is 20.2. The molecule has 8 fully saturated rings. The molecule has 302 valence electrons. The van der Waals surface area contributed by atoms with Crippen LogP contribution in [0.25, 0.3) is 0 Å². The van der Waals surface area contributed by atoms with E-state index in [2.05, 4.69) is 27.7 Å². The van der Waals surface area contributed by atoms with Gasteiger partial charge in [-0.3, -0.25) is 4.79 Å². The summed E-state index contributed by atoms with van der Waals surface area (Å²) in [5, 5.41) is 72.7. The highest BCUT2D eigenvalue weighted by molar-refractivity contribution is 5.84. The number of carbonyl (C=O) groups is 1. The number of aliphatic hydroxyl groups excluding tert-OH is 7. The van der Waals surface area contributed by atoms with Crippen LogP contribution in [0.15, 0.2) is 0 Å². The first-order chi connectivity index (χ1) is 25.2. The standard InChI is InChI=1S/C39H62O14/c1-17-7-10-39(48-16-17)18(2)27-24(53-39)12-22-21-6-5-19-11-20(8-9-37(19,3)28(21)23(42)13-38(22,27)4)49-35-33(47)31(45)34(26(15-41)51-35)52-36-32(46)30(44)29(43)25(14-40)50-36/h17-22,24-36,40-41,43-47H,5-16H2,1-4H3/t17-,18+,19+,20?,21?,22-,24?,25-,26-,27?,28?,29-,30+,31-,32-,33-,34-,35-,36+,37-,38+,39?/m1/s1. The van der Waals surface area contributed by atoms with Gasteiger partial charge in [0.2, 0.25) is 0 Å². The van der Waals surface area contributed by atoms with Gasteiger partial charge in [0.15, 0.2) is 18.4 Å². The molecule has 0 amide bonds. The van der Waals surface area contributed by atoms with Crippen molar-refractivity contribution in [3.05, 3.63) is 0 Å². The molecule has 4 saturated carbocycles. The van der Waals surface area contributed by atoms with Gasteiger partial charge in [-0.2, -0.15) is 0 Å². The Morgan fingerprint density at radius 1 is 0.774 bits per heavy atom. The molecule has 0 aromatic carbocycles. The molecule has 0 aromatic heterocycles. The van der Waals surface area contributed by atoms with E-state index < -0.39 is 80.4 Å². The van der Waals surface area contributed by atoms with Gasteiger partial charge in [0.1, 0.15) is 54.6 Å². The molecular formula is C39H62O14. The first-order valence-corrected chi connectivity index (χ1v) is 20.2. The zero-order valence-corrected chi connectivity index (χ0v) is 31.4. The SMILES string of the molecule is C[C@@H]1CCC2(OC1)OC1C[C@@H]3C4CC[C@H]5CC(O[C@@H]6O[C@H](CO)[C@@H](O[C@@H]7O[C@H](CO)[C@@H](O)[C@H](O)[C@H]7O)[C@H](O)[C@H]6O)CC[C@@]5(C)C4C(=O)C[C@]3(C)C1[C@@H]2C. The third-order valence-electron chi connectivity index (χ3n) is 15.9. The molecule has 22 atom stereocenters. The van der Waals surface area contributed by atoms with E-state index in [1.165, 1.54) is 0 Å². The first kappa shape index (κ1) is 39.0. The molecule has 14 heteroatoms. The molecule has 4 heterocycles. The monoisotopic (exact) mass is 754 g/mol. The summed E-state index contributed by atoms with van der Waals surface area (Å²) < 4.78 is 36.8. The topological polar surface area (TPSA) is 214 Å². The zero-order valence-electron chi connectivity index (χ0n) is 31.4. The minimum atomic E-state index is -1.74. The van der Waals surface area contributed by atoms with Crippen LogP contribution in [-0.4, -0.2) is 141 Å². The summed E-state index contributed by atoms with van der Waals surface area (Å²) >= 11 is 0. The van der Waals surface area contributed by atoms with E-state index in [4.69, 9.17) is 28.4 Å². The average Bonchev–Trinajstić information content (AvgIpc) is 3.57. The smallest absolute Gasteiger partial charge is 0.187 e. The average molecular weight is 755 g/mol. The predicted molar refractivity (Wildman–Crippen MR) is 183 cm³/mol. The molecule has 8 rings (SSSR count). The fourth-order valence-corrected chi connectivity index (χ4v) is 13.0. The molecule has 6 unspecified atom stereocenters. The largest absolute Gasteiger partial charge is 0.394 e. The lowest BCUT2D eigenvalue weighted by atomic mass is 9.44. The molecule has 4 aliphatic carbocycles. The highest BCUT2D eigenvalue weighted by atomic mass is 16.7. The van der Waals surface area contributed by atoms with E-state index >= 15 is 0 Å². The van der Waals surface area contributed by atoms with Crippen molar-refractivity contribution in [1.82, 2.24) is 0 Å². The van der Waals surface area contributed by atoms with Gasteiger partial charge >= 0.3 is 0 Å². The minimum Gasteiger partial charge on any atom is -0.394 e. The van der Waals surface area contributed by atoms with Crippen molar-refractivity contribution < 1.29 is 69.0 Å². The van der Waals surface area contributed by atoms with Crippen LogP contribution in [-0.2, 0) is 33.2 Å². The Hall–Kier alpha value is -0.850. The maximum atomic E-state index is 14.5. The summed E-state index contributed by atoms with van der Waals surface area (Å²) in [7, 11) is 0. The number of hydrogen-bond acceptors (Lipinski definition) is 14. The third-order valence-corrected chi connectivity index (χ3v) is 15.9. The van der Waals surface area contributed by atoms with Crippen LogP contribution in [0.5, 0.6) is 0 Å². The summed E-state index contributed by atoms with van der Waals surface area (Å²) in [4.78, 5) is 14.5. The van der Waals surface area contributed by atoms with Crippen LogP contribution in [0.1, 0.15) is 85.5 Å². The normalized spacial score (nSPS) is 58.2. The van der Waals surface area contributed by atoms with E-state index in [-0.39, 0.29) is 40.8 Å². The van der Waals surface area contributed by atoms with Crippen LogP contribution in [0.4, 0.5) is 0 Å². The van der Waals surface area contributed by atoms with E-state index in [0.29, 0.717) is 48.7 Å². The molecule has 7 N–H and O–H groups in total. The molecule has 4 saturated heterocycles. The Kier molecular flexibility index (Phi) is 10.5. The Labute approximate surface area is 311 Å². The van der Waals surface area contributed by atoms with Crippen LogP contribution < -0.4 is 0 Å². The van der Waals surface area contributed by atoms with Gasteiger partial charge in [0, 0.05) is 24.7 Å². The van der Waals surface area contributed by atoms with Crippen molar-refractivity contribution >= 4 is 5.78 Å². The molecule has 14 nitrogen and oxygen atoms in total. The second kappa shape index (κ2) is 14.2. The lowest BCUT2D eigenvalue weighted by molar-refractivity contribution is -0.364. The fourth-order valence-electron chi connectivity index (χ4n) is 13.0. The van der Waals surface area contributed by atoms with Gasteiger partial charge in [0.05, 0.1) is 32.0 Å². The number of fused-ring (bicyclic) bond motifs is 7. The second-order valence-electron chi connectivity index (χ2n) is 18.7. The number of carbonyl (C=O) groups excluding carboxylic acids is 1. The van der Waals surface area contributed by atoms with Gasteiger partial charge in [0.25, 0.3) is 0 Å². The van der Waals surface area contributed by atoms with Crippen molar-refractivity contribution in [3.63, 3.8) is 0 Å². The third kappa shape index (κ3) is 6.12. The molecule has 53 heavy (non-hydrogen) atoms. The maximum Gasteiger partial charge on any atom is 0.187 e. The van der Waals surface area contributed by atoms with Crippen LogP contribution in [0, 0.1) is 52.3 Å². The Morgan fingerprint density at radius 2 is 1.47 bits per heavy atom. The Balaban J connectivity index is 0.911. The van der Waals surface area contributed by atoms with Crippen molar-refractivity contribution in [3.8, 4) is 0 Å². The molecule has 0 aromatic rings.